The Kier molecular flexibility index (Phi) is 4.62. The third-order valence-electron chi connectivity index (χ3n) is 4.62. The van der Waals surface area contributed by atoms with E-state index in [0.717, 1.165) is 30.1 Å². The quantitative estimate of drug-likeness (QED) is 0.790. The number of hydrogen-bond acceptors (Lipinski definition) is 4. The lowest BCUT2D eigenvalue weighted by atomic mass is 10.2. The zero-order chi connectivity index (χ0) is 15.7. The summed E-state index contributed by atoms with van der Waals surface area (Å²) >= 11 is 1.92. The number of thioether (sulfide) groups is 1. The molecule has 0 amide bonds. The van der Waals surface area contributed by atoms with E-state index in [2.05, 4.69) is 22.7 Å². The first-order valence-corrected chi connectivity index (χ1v) is 9.62. The molecule has 0 atom stereocenters. The van der Waals surface area contributed by atoms with Crippen molar-refractivity contribution in [2.75, 3.05) is 17.7 Å². The molecule has 0 saturated heterocycles. The van der Waals surface area contributed by atoms with Crippen LogP contribution in [0.2, 0.25) is 0 Å². The number of imidazole rings is 1. The highest BCUT2D eigenvalue weighted by molar-refractivity contribution is 7.98. The molecule has 1 aliphatic carbocycles. The van der Waals surface area contributed by atoms with Gasteiger partial charge in [0, 0.05) is 18.7 Å². The summed E-state index contributed by atoms with van der Waals surface area (Å²) in [6, 6.07) is 0. The molecule has 0 radical (unpaired) electrons. The smallest absolute Gasteiger partial charge is 0.151 e. The summed E-state index contributed by atoms with van der Waals surface area (Å²) in [5.74, 6) is 3.85. The third kappa shape index (κ3) is 3.09. The standard InChI is InChI=1S/C17H26N4S/c1-11-12(2)19-17(18)15-16(11)21(8-4-5-9-22-3)14(20-15)10-13-6-7-13/h13H,4-10H2,1-3H3,(H2,18,19). The molecule has 4 nitrogen and oxygen atoms in total. The number of nitrogens with two attached hydrogens (primary N) is 1. The number of anilines is 1. The largest absolute Gasteiger partial charge is 0.382 e. The summed E-state index contributed by atoms with van der Waals surface area (Å²) in [6.45, 7) is 5.23. The van der Waals surface area contributed by atoms with Crippen LogP contribution in [0.5, 0.6) is 0 Å². The second-order valence-electron chi connectivity index (χ2n) is 6.43. The Labute approximate surface area is 136 Å². The van der Waals surface area contributed by atoms with Crippen LogP contribution in [0, 0.1) is 19.8 Å². The second kappa shape index (κ2) is 6.49. The van der Waals surface area contributed by atoms with Gasteiger partial charge in [0.05, 0.1) is 5.52 Å². The Balaban J connectivity index is 1.99. The van der Waals surface area contributed by atoms with Crippen molar-refractivity contribution < 1.29 is 0 Å². The zero-order valence-electron chi connectivity index (χ0n) is 13.9. The van der Waals surface area contributed by atoms with Crippen molar-refractivity contribution in [1.82, 2.24) is 14.5 Å². The minimum Gasteiger partial charge on any atom is -0.382 e. The van der Waals surface area contributed by atoms with E-state index < -0.39 is 0 Å². The summed E-state index contributed by atoms with van der Waals surface area (Å²) in [5.41, 5.74) is 10.5. The molecule has 0 unspecified atom stereocenters. The van der Waals surface area contributed by atoms with Crippen LogP contribution < -0.4 is 5.73 Å². The Morgan fingerprint density at radius 3 is 2.68 bits per heavy atom. The second-order valence-corrected chi connectivity index (χ2v) is 7.42. The van der Waals surface area contributed by atoms with Crippen LogP contribution in [0.25, 0.3) is 11.0 Å². The third-order valence-corrected chi connectivity index (χ3v) is 5.32. The molecule has 2 N–H and O–H groups in total. The van der Waals surface area contributed by atoms with E-state index in [1.165, 1.54) is 48.3 Å². The van der Waals surface area contributed by atoms with Crippen molar-refractivity contribution in [3.8, 4) is 0 Å². The molecule has 120 valence electrons. The van der Waals surface area contributed by atoms with Gasteiger partial charge in [-0.15, -0.1) is 0 Å². The Bertz CT molecular complexity index is 673. The van der Waals surface area contributed by atoms with E-state index in [-0.39, 0.29) is 0 Å². The number of nitrogen functional groups attached to an aromatic ring is 1. The normalized spacial score (nSPS) is 14.9. The number of aromatic nitrogens is 3. The Morgan fingerprint density at radius 2 is 2.00 bits per heavy atom. The number of aryl methyl sites for hydroxylation is 3. The van der Waals surface area contributed by atoms with E-state index in [4.69, 9.17) is 10.7 Å². The summed E-state index contributed by atoms with van der Waals surface area (Å²) in [7, 11) is 0. The lowest BCUT2D eigenvalue weighted by molar-refractivity contribution is 0.604. The van der Waals surface area contributed by atoms with Crippen LogP contribution >= 0.6 is 11.8 Å². The number of pyridine rings is 1. The zero-order valence-corrected chi connectivity index (χ0v) is 14.7. The van der Waals surface area contributed by atoms with Crippen LogP contribution in [-0.2, 0) is 13.0 Å². The van der Waals surface area contributed by atoms with E-state index in [9.17, 15) is 0 Å². The van der Waals surface area contributed by atoms with Crippen LogP contribution in [0.15, 0.2) is 0 Å². The SMILES string of the molecule is CSCCCCn1c(CC2CC2)nc2c(N)nc(C)c(C)c21. The summed E-state index contributed by atoms with van der Waals surface area (Å²) < 4.78 is 2.42. The molecular formula is C17H26N4S. The van der Waals surface area contributed by atoms with Gasteiger partial charge < -0.3 is 10.3 Å². The van der Waals surface area contributed by atoms with Crippen molar-refractivity contribution in [3.63, 3.8) is 0 Å². The minimum atomic E-state index is 0.581. The van der Waals surface area contributed by atoms with Gasteiger partial charge in [0.2, 0.25) is 0 Å². The van der Waals surface area contributed by atoms with Crippen molar-refractivity contribution in [2.45, 2.75) is 52.5 Å². The molecule has 0 aromatic carbocycles. The number of fused-ring (bicyclic) bond motifs is 1. The van der Waals surface area contributed by atoms with E-state index in [1.54, 1.807) is 0 Å². The van der Waals surface area contributed by atoms with Gasteiger partial charge in [0.15, 0.2) is 5.82 Å². The molecule has 2 aromatic heterocycles. The molecule has 0 aliphatic heterocycles. The highest BCUT2D eigenvalue weighted by Gasteiger charge is 2.26. The van der Waals surface area contributed by atoms with Gasteiger partial charge in [0.25, 0.3) is 0 Å². The molecule has 0 spiro atoms. The molecule has 1 fully saturated rings. The number of unbranched alkanes of at least 4 members (excludes halogenated alkanes) is 1. The molecular weight excluding hydrogens is 292 g/mol. The Hall–Kier alpha value is -1.23. The molecule has 22 heavy (non-hydrogen) atoms. The minimum absolute atomic E-state index is 0.581. The molecule has 0 bridgehead atoms. The lowest BCUT2D eigenvalue weighted by Gasteiger charge is -2.11. The first-order chi connectivity index (χ1) is 10.6. The predicted molar refractivity (Wildman–Crippen MR) is 95.5 cm³/mol. The van der Waals surface area contributed by atoms with Gasteiger partial charge in [-0.05, 0) is 63.0 Å². The molecule has 5 heteroatoms. The van der Waals surface area contributed by atoms with Gasteiger partial charge in [-0.1, -0.05) is 0 Å². The van der Waals surface area contributed by atoms with E-state index in [0.29, 0.717) is 5.82 Å². The summed E-state index contributed by atoms with van der Waals surface area (Å²) in [5, 5.41) is 0. The van der Waals surface area contributed by atoms with Crippen LogP contribution in [0.4, 0.5) is 5.82 Å². The van der Waals surface area contributed by atoms with E-state index in [1.807, 2.05) is 18.7 Å². The first-order valence-electron chi connectivity index (χ1n) is 8.22. The molecule has 1 saturated carbocycles. The number of hydrogen-bond donors (Lipinski definition) is 1. The fraction of sp³-hybridized carbons (Fsp3) is 0.647. The molecule has 2 heterocycles. The fourth-order valence-electron chi connectivity index (χ4n) is 3.04. The van der Waals surface area contributed by atoms with Crippen molar-refractivity contribution in [3.05, 3.63) is 17.1 Å². The fourth-order valence-corrected chi connectivity index (χ4v) is 3.53. The average molecular weight is 318 g/mol. The maximum atomic E-state index is 6.14. The van der Waals surface area contributed by atoms with E-state index >= 15 is 0 Å². The van der Waals surface area contributed by atoms with Gasteiger partial charge in [0.1, 0.15) is 11.3 Å². The topological polar surface area (TPSA) is 56.7 Å². The van der Waals surface area contributed by atoms with Crippen molar-refractivity contribution >= 4 is 28.6 Å². The average Bonchev–Trinajstić information content (AvgIpc) is 3.22. The van der Waals surface area contributed by atoms with Gasteiger partial charge in [-0.3, -0.25) is 0 Å². The first kappa shape index (κ1) is 15.7. The highest BCUT2D eigenvalue weighted by atomic mass is 32.2. The molecule has 1 aliphatic rings. The maximum Gasteiger partial charge on any atom is 0.151 e. The summed E-state index contributed by atoms with van der Waals surface area (Å²) in [6.07, 6.45) is 8.41. The van der Waals surface area contributed by atoms with Gasteiger partial charge >= 0.3 is 0 Å². The molecule has 3 rings (SSSR count). The Morgan fingerprint density at radius 1 is 1.23 bits per heavy atom. The maximum absolute atomic E-state index is 6.14. The molecule has 2 aromatic rings. The highest BCUT2D eigenvalue weighted by Crippen LogP contribution is 2.34. The van der Waals surface area contributed by atoms with Gasteiger partial charge in [-0.2, -0.15) is 11.8 Å². The lowest BCUT2D eigenvalue weighted by Crippen LogP contribution is -2.07. The van der Waals surface area contributed by atoms with Gasteiger partial charge in [-0.25, -0.2) is 9.97 Å². The van der Waals surface area contributed by atoms with Crippen LogP contribution in [0.3, 0.4) is 0 Å². The monoisotopic (exact) mass is 318 g/mol. The van der Waals surface area contributed by atoms with Crippen LogP contribution in [0.1, 0.15) is 42.8 Å². The van der Waals surface area contributed by atoms with Crippen molar-refractivity contribution in [2.24, 2.45) is 5.92 Å². The summed E-state index contributed by atoms with van der Waals surface area (Å²) in [4.78, 5) is 9.32. The van der Waals surface area contributed by atoms with Crippen LogP contribution in [-0.4, -0.2) is 26.5 Å². The predicted octanol–water partition coefficient (Wildman–Crippen LogP) is 3.73. The van der Waals surface area contributed by atoms with Crippen molar-refractivity contribution in [1.29, 1.82) is 0 Å². The number of nitrogens with zero attached hydrogens (tertiary/aromatic N) is 3. The number of rotatable bonds is 7.